The molecule has 0 bridgehead atoms. The van der Waals surface area contributed by atoms with Gasteiger partial charge in [0, 0.05) is 6.04 Å². The van der Waals surface area contributed by atoms with Gasteiger partial charge in [0.1, 0.15) is 6.10 Å². The minimum absolute atomic E-state index is 0.0782. The third-order valence-electron chi connectivity index (χ3n) is 3.73. The number of hydrogen-bond acceptors (Lipinski definition) is 5. The average Bonchev–Trinajstić information content (AvgIpc) is 2.78. The molecule has 0 radical (unpaired) electrons. The van der Waals surface area contributed by atoms with Crippen molar-refractivity contribution in [1.82, 2.24) is 0 Å². The SMILES string of the molecule is CCC(N)Cc1ccc(OC)c(OC2CCS(=O)(=O)C2)c1. The maximum Gasteiger partial charge on any atom is 0.161 e. The largest absolute Gasteiger partial charge is 0.493 e. The first kappa shape index (κ1) is 16.1. The van der Waals surface area contributed by atoms with Crippen molar-refractivity contribution < 1.29 is 17.9 Å². The number of hydrogen-bond donors (Lipinski definition) is 1. The highest BCUT2D eigenvalue weighted by atomic mass is 32.2. The van der Waals surface area contributed by atoms with Gasteiger partial charge in [-0.05, 0) is 37.0 Å². The van der Waals surface area contributed by atoms with Crippen LogP contribution in [0.25, 0.3) is 0 Å². The van der Waals surface area contributed by atoms with Gasteiger partial charge in [0.2, 0.25) is 0 Å². The third kappa shape index (κ3) is 4.35. The Morgan fingerprint density at radius 2 is 2.14 bits per heavy atom. The van der Waals surface area contributed by atoms with Crippen LogP contribution in [0, 0.1) is 0 Å². The maximum absolute atomic E-state index is 11.5. The van der Waals surface area contributed by atoms with E-state index in [-0.39, 0.29) is 23.7 Å². The molecule has 1 saturated heterocycles. The van der Waals surface area contributed by atoms with Crippen LogP contribution in [0.3, 0.4) is 0 Å². The molecular weight excluding hydrogens is 290 g/mol. The number of nitrogens with two attached hydrogens (primary N) is 1. The van der Waals surface area contributed by atoms with Gasteiger partial charge < -0.3 is 15.2 Å². The van der Waals surface area contributed by atoms with Crippen molar-refractivity contribution in [2.45, 2.75) is 38.3 Å². The lowest BCUT2D eigenvalue weighted by Gasteiger charge is -2.17. The Morgan fingerprint density at radius 1 is 1.38 bits per heavy atom. The van der Waals surface area contributed by atoms with Crippen LogP contribution in [-0.4, -0.2) is 39.2 Å². The van der Waals surface area contributed by atoms with Crippen LogP contribution in [-0.2, 0) is 16.3 Å². The van der Waals surface area contributed by atoms with Crippen LogP contribution >= 0.6 is 0 Å². The van der Waals surface area contributed by atoms with E-state index in [1.54, 1.807) is 7.11 Å². The van der Waals surface area contributed by atoms with Gasteiger partial charge in [-0.1, -0.05) is 13.0 Å². The smallest absolute Gasteiger partial charge is 0.161 e. The van der Waals surface area contributed by atoms with E-state index < -0.39 is 9.84 Å². The van der Waals surface area contributed by atoms with Crippen LogP contribution in [0.1, 0.15) is 25.3 Å². The lowest BCUT2D eigenvalue weighted by Crippen LogP contribution is -2.21. The van der Waals surface area contributed by atoms with E-state index in [9.17, 15) is 8.42 Å². The molecule has 2 atom stereocenters. The highest BCUT2D eigenvalue weighted by Gasteiger charge is 2.30. The van der Waals surface area contributed by atoms with E-state index in [4.69, 9.17) is 15.2 Å². The molecule has 0 aromatic heterocycles. The third-order valence-corrected chi connectivity index (χ3v) is 5.47. The summed E-state index contributed by atoms with van der Waals surface area (Å²) < 4.78 is 34.2. The van der Waals surface area contributed by atoms with E-state index in [1.807, 2.05) is 18.2 Å². The van der Waals surface area contributed by atoms with Gasteiger partial charge in [-0.15, -0.1) is 0 Å². The van der Waals surface area contributed by atoms with Crippen LogP contribution in [0.5, 0.6) is 11.5 Å². The zero-order valence-electron chi connectivity index (χ0n) is 12.5. The van der Waals surface area contributed by atoms with Crippen LogP contribution < -0.4 is 15.2 Å². The summed E-state index contributed by atoms with van der Waals surface area (Å²) in [6.07, 6.45) is 1.91. The molecule has 1 aliphatic rings. The van der Waals surface area contributed by atoms with Gasteiger partial charge >= 0.3 is 0 Å². The second-order valence-corrected chi connectivity index (χ2v) is 7.73. The Kier molecular flexibility index (Phi) is 5.11. The summed E-state index contributed by atoms with van der Waals surface area (Å²) >= 11 is 0. The van der Waals surface area contributed by atoms with E-state index in [0.717, 1.165) is 18.4 Å². The molecule has 2 unspecified atom stereocenters. The minimum Gasteiger partial charge on any atom is -0.493 e. The van der Waals surface area contributed by atoms with Crippen molar-refractivity contribution in [2.24, 2.45) is 5.73 Å². The maximum atomic E-state index is 11.5. The molecule has 0 aliphatic carbocycles. The Morgan fingerprint density at radius 3 is 2.71 bits per heavy atom. The molecule has 1 heterocycles. The molecule has 0 spiro atoms. The molecule has 1 aromatic rings. The summed E-state index contributed by atoms with van der Waals surface area (Å²) in [5, 5.41) is 0. The number of sulfone groups is 1. The summed E-state index contributed by atoms with van der Waals surface area (Å²) in [4.78, 5) is 0. The summed E-state index contributed by atoms with van der Waals surface area (Å²) in [5.74, 6) is 1.49. The Hall–Kier alpha value is -1.27. The Labute approximate surface area is 126 Å². The predicted molar refractivity (Wildman–Crippen MR) is 82.7 cm³/mol. The molecule has 5 nitrogen and oxygen atoms in total. The highest BCUT2D eigenvalue weighted by Crippen LogP contribution is 2.31. The second kappa shape index (κ2) is 6.66. The molecule has 1 aliphatic heterocycles. The second-order valence-electron chi connectivity index (χ2n) is 5.50. The zero-order valence-corrected chi connectivity index (χ0v) is 13.4. The summed E-state index contributed by atoms with van der Waals surface area (Å²) in [5.41, 5.74) is 7.04. The minimum atomic E-state index is -2.95. The van der Waals surface area contributed by atoms with Crippen molar-refractivity contribution in [3.63, 3.8) is 0 Å². The van der Waals surface area contributed by atoms with Crippen LogP contribution in [0.4, 0.5) is 0 Å². The van der Waals surface area contributed by atoms with Crippen molar-refractivity contribution in [1.29, 1.82) is 0 Å². The van der Waals surface area contributed by atoms with Crippen molar-refractivity contribution >= 4 is 9.84 Å². The zero-order chi connectivity index (χ0) is 15.5. The van der Waals surface area contributed by atoms with Crippen LogP contribution in [0.15, 0.2) is 18.2 Å². The van der Waals surface area contributed by atoms with E-state index in [2.05, 4.69) is 6.92 Å². The molecule has 6 heteroatoms. The van der Waals surface area contributed by atoms with Gasteiger partial charge in [0.05, 0.1) is 18.6 Å². The van der Waals surface area contributed by atoms with E-state index in [1.165, 1.54) is 0 Å². The molecule has 1 fully saturated rings. The molecule has 21 heavy (non-hydrogen) atoms. The van der Waals surface area contributed by atoms with Gasteiger partial charge in [-0.3, -0.25) is 0 Å². The fourth-order valence-electron chi connectivity index (χ4n) is 2.42. The molecule has 0 amide bonds. The molecule has 2 rings (SSSR count). The summed E-state index contributed by atoms with van der Waals surface area (Å²) in [6, 6.07) is 5.82. The topological polar surface area (TPSA) is 78.6 Å². The van der Waals surface area contributed by atoms with Crippen molar-refractivity contribution in [3.8, 4) is 11.5 Å². The summed E-state index contributed by atoms with van der Waals surface area (Å²) in [6.45, 7) is 2.05. The molecule has 2 N–H and O–H groups in total. The monoisotopic (exact) mass is 313 g/mol. The predicted octanol–water partition coefficient (Wildman–Crippen LogP) is 1.54. The fourth-order valence-corrected chi connectivity index (χ4v) is 4.01. The first-order valence-corrected chi connectivity index (χ1v) is 9.05. The van der Waals surface area contributed by atoms with Crippen molar-refractivity contribution in [2.75, 3.05) is 18.6 Å². The molecular formula is C15H23NO4S. The Balaban J connectivity index is 2.14. The first-order chi connectivity index (χ1) is 9.93. The van der Waals surface area contributed by atoms with Crippen LogP contribution in [0.2, 0.25) is 0 Å². The fraction of sp³-hybridized carbons (Fsp3) is 0.600. The molecule has 1 aromatic carbocycles. The van der Waals surface area contributed by atoms with E-state index >= 15 is 0 Å². The van der Waals surface area contributed by atoms with Gasteiger partial charge in [-0.2, -0.15) is 0 Å². The number of benzene rings is 1. The highest BCUT2D eigenvalue weighted by molar-refractivity contribution is 7.91. The normalized spacial score (nSPS) is 22.0. The summed E-state index contributed by atoms with van der Waals surface area (Å²) in [7, 11) is -1.38. The molecule has 118 valence electrons. The number of rotatable bonds is 6. The average molecular weight is 313 g/mol. The first-order valence-electron chi connectivity index (χ1n) is 7.23. The number of methoxy groups -OCH3 is 1. The van der Waals surface area contributed by atoms with Gasteiger partial charge in [-0.25, -0.2) is 8.42 Å². The standard InChI is InChI=1S/C15H23NO4S/c1-3-12(16)8-11-4-5-14(19-2)15(9-11)20-13-6-7-21(17,18)10-13/h4-5,9,12-13H,3,6-8,10,16H2,1-2H3. The van der Waals surface area contributed by atoms with E-state index in [0.29, 0.717) is 17.9 Å². The van der Waals surface area contributed by atoms with Gasteiger partial charge in [0.25, 0.3) is 0 Å². The number of ether oxygens (including phenoxy) is 2. The van der Waals surface area contributed by atoms with Crippen molar-refractivity contribution in [3.05, 3.63) is 23.8 Å². The quantitative estimate of drug-likeness (QED) is 0.862. The Bertz CT molecular complexity index is 585. The lowest BCUT2D eigenvalue weighted by molar-refractivity contribution is 0.218. The molecule has 0 saturated carbocycles. The van der Waals surface area contributed by atoms with Gasteiger partial charge in [0.15, 0.2) is 21.3 Å². The lowest BCUT2D eigenvalue weighted by atomic mass is 10.0.